The molecule has 0 radical (unpaired) electrons. The molecule has 1 fully saturated rings. The molecule has 0 aliphatic carbocycles. The van der Waals surface area contributed by atoms with Gasteiger partial charge < -0.3 is 15.2 Å². The summed E-state index contributed by atoms with van der Waals surface area (Å²) in [5.74, 6) is 0.652. The number of rotatable bonds is 2. The van der Waals surface area contributed by atoms with Gasteiger partial charge in [0, 0.05) is 11.6 Å². The lowest BCUT2D eigenvalue weighted by Gasteiger charge is -2.25. The highest BCUT2D eigenvalue weighted by Gasteiger charge is 2.21. The van der Waals surface area contributed by atoms with Crippen LogP contribution in [0.4, 0.5) is 0 Å². The second-order valence-electron chi connectivity index (χ2n) is 4.02. The van der Waals surface area contributed by atoms with Crippen LogP contribution in [0.25, 0.3) is 0 Å². The third-order valence-corrected chi connectivity index (χ3v) is 3.36. The first-order valence-corrected chi connectivity index (χ1v) is 5.90. The van der Waals surface area contributed by atoms with Gasteiger partial charge in [-0.25, -0.2) is 0 Å². The molecular weight excluding hydrogens is 226 g/mol. The number of phenolic OH excluding ortho intramolecular Hbond substituents is 1. The number of phenols is 1. The third kappa shape index (κ3) is 2.11. The standard InChI is InChI=1S/C12H16ClNO2/c1-16-12-8(5-6-10(15)11(12)13)9-4-2-3-7-14-9/h5-6,9,14-15H,2-4,7H2,1H3. The van der Waals surface area contributed by atoms with Crippen LogP contribution in [-0.4, -0.2) is 18.8 Å². The van der Waals surface area contributed by atoms with Gasteiger partial charge in [0.25, 0.3) is 0 Å². The van der Waals surface area contributed by atoms with E-state index in [0.717, 1.165) is 18.5 Å². The molecule has 1 unspecified atom stereocenters. The average Bonchev–Trinajstić information content (AvgIpc) is 2.33. The summed E-state index contributed by atoms with van der Waals surface area (Å²) in [6, 6.07) is 3.78. The van der Waals surface area contributed by atoms with Crippen molar-refractivity contribution >= 4 is 11.6 Å². The Hall–Kier alpha value is -0.930. The summed E-state index contributed by atoms with van der Waals surface area (Å²) in [4.78, 5) is 0. The van der Waals surface area contributed by atoms with Crippen molar-refractivity contribution in [1.29, 1.82) is 0 Å². The summed E-state index contributed by atoms with van der Waals surface area (Å²) >= 11 is 6.01. The van der Waals surface area contributed by atoms with Crippen molar-refractivity contribution in [2.24, 2.45) is 0 Å². The Labute approximate surface area is 100 Å². The maximum Gasteiger partial charge on any atom is 0.146 e. The Balaban J connectivity index is 2.35. The number of nitrogens with one attached hydrogen (secondary N) is 1. The molecule has 0 amide bonds. The molecule has 4 heteroatoms. The van der Waals surface area contributed by atoms with Crippen molar-refractivity contribution in [3.63, 3.8) is 0 Å². The molecule has 16 heavy (non-hydrogen) atoms. The largest absolute Gasteiger partial charge is 0.506 e. The second kappa shape index (κ2) is 4.93. The highest BCUT2D eigenvalue weighted by Crippen LogP contribution is 2.40. The summed E-state index contributed by atoms with van der Waals surface area (Å²) in [7, 11) is 1.58. The quantitative estimate of drug-likeness (QED) is 0.837. The first kappa shape index (κ1) is 11.6. The number of ether oxygens (including phenoxy) is 1. The zero-order chi connectivity index (χ0) is 11.5. The van der Waals surface area contributed by atoms with E-state index in [1.807, 2.05) is 6.07 Å². The highest BCUT2D eigenvalue weighted by molar-refractivity contribution is 6.33. The maximum absolute atomic E-state index is 9.52. The van der Waals surface area contributed by atoms with E-state index < -0.39 is 0 Å². The Morgan fingerprint density at radius 1 is 1.44 bits per heavy atom. The van der Waals surface area contributed by atoms with Crippen LogP contribution < -0.4 is 10.1 Å². The zero-order valence-corrected chi connectivity index (χ0v) is 10.0. The number of halogens is 1. The Morgan fingerprint density at radius 2 is 2.25 bits per heavy atom. The number of hydrogen-bond acceptors (Lipinski definition) is 3. The van der Waals surface area contributed by atoms with Crippen LogP contribution in [-0.2, 0) is 0 Å². The first-order valence-electron chi connectivity index (χ1n) is 5.52. The summed E-state index contributed by atoms with van der Waals surface area (Å²) in [5.41, 5.74) is 1.03. The van der Waals surface area contributed by atoms with Crippen molar-refractivity contribution < 1.29 is 9.84 Å². The number of methoxy groups -OCH3 is 1. The molecule has 1 aliphatic rings. The van der Waals surface area contributed by atoms with E-state index in [2.05, 4.69) is 5.32 Å². The van der Waals surface area contributed by atoms with Crippen molar-refractivity contribution in [2.75, 3.05) is 13.7 Å². The molecule has 0 aromatic heterocycles. The molecule has 1 heterocycles. The molecule has 1 aromatic carbocycles. The van der Waals surface area contributed by atoms with E-state index in [1.165, 1.54) is 12.8 Å². The minimum absolute atomic E-state index is 0.0677. The molecule has 0 bridgehead atoms. The van der Waals surface area contributed by atoms with E-state index in [0.29, 0.717) is 10.8 Å². The van der Waals surface area contributed by atoms with E-state index >= 15 is 0 Å². The summed E-state index contributed by atoms with van der Waals surface area (Å²) in [6.45, 7) is 1.02. The number of benzene rings is 1. The monoisotopic (exact) mass is 241 g/mol. The van der Waals surface area contributed by atoms with Crippen LogP contribution in [0.15, 0.2) is 12.1 Å². The number of piperidine rings is 1. The zero-order valence-electron chi connectivity index (χ0n) is 9.29. The Kier molecular flexibility index (Phi) is 3.56. The van der Waals surface area contributed by atoms with Crippen molar-refractivity contribution in [3.05, 3.63) is 22.7 Å². The van der Waals surface area contributed by atoms with E-state index in [4.69, 9.17) is 16.3 Å². The van der Waals surface area contributed by atoms with E-state index in [9.17, 15) is 5.11 Å². The lowest BCUT2D eigenvalue weighted by atomic mass is 9.96. The molecule has 1 atom stereocenters. The van der Waals surface area contributed by atoms with Gasteiger partial charge in [0.2, 0.25) is 0 Å². The molecule has 1 aromatic rings. The maximum atomic E-state index is 9.52. The molecule has 0 saturated carbocycles. The van der Waals surface area contributed by atoms with Crippen LogP contribution >= 0.6 is 11.6 Å². The summed E-state index contributed by atoms with van der Waals surface area (Å²) < 4.78 is 5.28. The number of aromatic hydroxyl groups is 1. The first-order chi connectivity index (χ1) is 7.74. The van der Waals surface area contributed by atoms with Gasteiger partial charge in [0.1, 0.15) is 16.5 Å². The molecular formula is C12H16ClNO2. The lowest BCUT2D eigenvalue weighted by molar-refractivity contribution is 0.370. The fraction of sp³-hybridized carbons (Fsp3) is 0.500. The summed E-state index contributed by atoms with van der Waals surface area (Å²) in [5, 5.41) is 13.3. The minimum Gasteiger partial charge on any atom is -0.506 e. The highest BCUT2D eigenvalue weighted by atomic mass is 35.5. The van der Waals surface area contributed by atoms with Crippen molar-refractivity contribution in [3.8, 4) is 11.5 Å². The van der Waals surface area contributed by atoms with Crippen molar-refractivity contribution in [2.45, 2.75) is 25.3 Å². The van der Waals surface area contributed by atoms with Gasteiger partial charge in [0.05, 0.1) is 7.11 Å². The molecule has 3 nitrogen and oxygen atoms in total. The molecule has 1 aliphatic heterocycles. The third-order valence-electron chi connectivity index (χ3n) is 3.00. The van der Waals surface area contributed by atoms with Crippen LogP contribution in [0.2, 0.25) is 5.02 Å². The Morgan fingerprint density at radius 3 is 2.88 bits per heavy atom. The lowest BCUT2D eigenvalue weighted by Crippen LogP contribution is -2.27. The van der Waals surface area contributed by atoms with E-state index in [1.54, 1.807) is 13.2 Å². The molecule has 0 spiro atoms. The summed E-state index contributed by atoms with van der Waals surface area (Å²) in [6.07, 6.45) is 3.50. The van der Waals surface area contributed by atoms with Gasteiger partial charge >= 0.3 is 0 Å². The van der Waals surface area contributed by atoms with Crippen LogP contribution in [0.5, 0.6) is 11.5 Å². The van der Waals surface area contributed by atoms with Crippen LogP contribution in [0.3, 0.4) is 0 Å². The smallest absolute Gasteiger partial charge is 0.146 e. The van der Waals surface area contributed by atoms with Gasteiger partial charge in [-0.1, -0.05) is 18.0 Å². The predicted molar refractivity (Wildman–Crippen MR) is 64.3 cm³/mol. The predicted octanol–water partition coefficient (Wildman–Crippen LogP) is 2.87. The van der Waals surface area contributed by atoms with Crippen LogP contribution in [0, 0.1) is 0 Å². The second-order valence-corrected chi connectivity index (χ2v) is 4.40. The normalized spacial score (nSPS) is 20.8. The fourth-order valence-electron chi connectivity index (χ4n) is 2.16. The fourth-order valence-corrected chi connectivity index (χ4v) is 2.41. The molecule has 1 saturated heterocycles. The van der Waals surface area contributed by atoms with Gasteiger partial charge in [0.15, 0.2) is 0 Å². The average molecular weight is 242 g/mol. The molecule has 88 valence electrons. The van der Waals surface area contributed by atoms with Gasteiger partial charge in [-0.2, -0.15) is 0 Å². The van der Waals surface area contributed by atoms with E-state index in [-0.39, 0.29) is 11.8 Å². The van der Waals surface area contributed by atoms with Gasteiger partial charge in [-0.3, -0.25) is 0 Å². The number of hydrogen-bond donors (Lipinski definition) is 2. The Bertz CT molecular complexity index is 376. The van der Waals surface area contributed by atoms with Crippen molar-refractivity contribution in [1.82, 2.24) is 5.32 Å². The SMILES string of the molecule is COc1c(C2CCCCN2)ccc(O)c1Cl. The minimum atomic E-state index is 0.0677. The topological polar surface area (TPSA) is 41.5 Å². The van der Waals surface area contributed by atoms with Gasteiger partial charge in [-0.05, 0) is 31.5 Å². The van der Waals surface area contributed by atoms with Gasteiger partial charge in [-0.15, -0.1) is 0 Å². The molecule has 2 rings (SSSR count). The molecule has 2 N–H and O–H groups in total. The van der Waals surface area contributed by atoms with Crippen LogP contribution in [0.1, 0.15) is 30.9 Å².